The maximum absolute atomic E-state index is 5.48. The van der Waals surface area contributed by atoms with Crippen LogP contribution in [0.1, 0.15) is 19.4 Å². The molecule has 0 saturated heterocycles. The lowest BCUT2D eigenvalue weighted by Crippen LogP contribution is -2.15. The Morgan fingerprint density at radius 3 is 2.46 bits per heavy atom. The van der Waals surface area contributed by atoms with E-state index in [4.69, 9.17) is 9.47 Å². The van der Waals surface area contributed by atoms with Gasteiger partial charge in [-0.3, -0.25) is 0 Å². The zero-order valence-corrected chi connectivity index (χ0v) is 7.96. The summed E-state index contributed by atoms with van der Waals surface area (Å²) in [6, 6.07) is 6.06. The third-order valence-electron chi connectivity index (χ3n) is 2.12. The van der Waals surface area contributed by atoms with Crippen LogP contribution in [0.4, 0.5) is 0 Å². The molecule has 0 aromatic heterocycles. The third kappa shape index (κ3) is 1.62. The summed E-state index contributed by atoms with van der Waals surface area (Å²) in [7, 11) is 0. The van der Waals surface area contributed by atoms with Crippen LogP contribution in [0.3, 0.4) is 0 Å². The molecule has 0 saturated carbocycles. The van der Waals surface area contributed by atoms with Gasteiger partial charge in [0.2, 0.25) is 0 Å². The lowest BCUT2D eigenvalue weighted by molar-refractivity contribution is 0.171. The van der Waals surface area contributed by atoms with Crippen molar-refractivity contribution in [1.82, 2.24) is 0 Å². The van der Waals surface area contributed by atoms with Gasteiger partial charge in [-0.1, -0.05) is 19.9 Å². The van der Waals surface area contributed by atoms with Gasteiger partial charge in [0, 0.05) is 0 Å². The molecule has 1 aliphatic heterocycles. The van der Waals surface area contributed by atoms with Gasteiger partial charge in [0.1, 0.15) is 13.2 Å². The molecule has 2 heteroatoms. The van der Waals surface area contributed by atoms with Crippen molar-refractivity contribution >= 4 is 0 Å². The summed E-state index contributed by atoms with van der Waals surface area (Å²) in [5.74, 6) is 3.01. The molecule has 69 valence electrons. The Morgan fingerprint density at radius 2 is 1.77 bits per heavy atom. The van der Waals surface area contributed by atoms with E-state index in [0.29, 0.717) is 13.2 Å². The molecule has 0 unspecified atom stereocenters. The summed E-state index contributed by atoms with van der Waals surface area (Å²) in [4.78, 5) is 0. The van der Waals surface area contributed by atoms with Crippen LogP contribution in [0.15, 0.2) is 18.2 Å². The minimum absolute atomic E-state index is 0.652. The molecule has 1 radical (unpaired) electrons. The molecule has 0 bridgehead atoms. The highest BCUT2D eigenvalue weighted by atomic mass is 16.6. The van der Waals surface area contributed by atoms with E-state index in [-0.39, 0.29) is 0 Å². The number of fused-ring (bicyclic) bond motifs is 1. The SMILES string of the molecule is C[C](C)c1ccc2c(c1)OCCO2. The fraction of sp³-hybridized carbons (Fsp3) is 0.364. The van der Waals surface area contributed by atoms with E-state index in [2.05, 4.69) is 19.9 Å². The Morgan fingerprint density at radius 1 is 1.08 bits per heavy atom. The van der Waals surface area contributed by atoms with Gasteiger partial charge in [-0.2, -0.15) is 0 Å². The maximum atomic E-state index is 5.48. The van der Waals surface area contributed by atoms with Crippen molar-refractivity contribution in [1.29, 1.82) is 0 Å². The molecule has 1 aromatic carbocycles. The molecular weight excluding hydrogens is 164 g/mol. The summed E-state index contributed by atoms with van der Waals surface area (Å²) in [5.41, 5.74) is 1.21. The van der Waals surface area contributed by atoms with Crippen LogP contribution < -0.4 is 9.47 Å². The lowest BCUT2D eigenvalue weighted by atomic mass is 10.0. The normalized spacial score (nSPS) is 14.7. The predicted molar refractivity (Wildman–Crippen MR) is 51.1 cm³/mol. The minimum Gasteiger partial charge on any atom is -0.486 e. The van der Waals surface area contributed by atoms with Gasteiger partial charge in [-0.15, -0.1) is 0 Å². The maximum Gasteiger partial charge on any atom is 0.161 e. The van der Waals surface area contributed by atoms with E-state index in [9.17, 15) is 0 Å². The van der Waals surface area contributed by atoms with E-state index in [0.717, 1.165) is 11.5 Å². The Hall–Kier alpha value is -1.18. The average Bonchev–Trinajstić information content (AvgIpc) is 2.17. The first-order chi connectivity index (χ1) is 6.27. The molecule has 0 atom stereocenters. The molecule has 1 aliphatic rings. The molecule has 1 heterocycles. The first-order valence-corrected chi connectivity index (χ1v) is 4.47. The van der Waals surface area contributed by atoms with Crippen LogP contribution >= 0.6 is 0 Å². The molecule has 13 heavy (non-hydrogen) atoms. The predicted octanol–water partition coefficient (Wildman–Crippen LogP) is 2.42. The van der Waals surface area contributed by atoms with Crippen LogP contribution in [0.25, 0.3) is 0 Å². The van der Waals surface area contributed by atoms with E-state index in [1.807, 2.05) is 12.1 Å². The Balaban J connectivity index is 2.35. The fourth-order valence-electron chi connectivity index (χ4n) is 1.35. The molecule has 0 spiro atoms. The van der Waals surface area contributed by atoms with Crippen LogP contribution in [0.5, 0.6) is 11.5 Å². The monoisotopic (exact) mass is 177 g/mol. The first-order valence-electron chi connectivity index (χ1n) is 4.47. The first kappa shape index (κ1) is 8.42. The summed E-state index contributed by atoms with van der Waals surface area (Å²) < 4.78 is 10.9. The molecule has 0 amide bonds. The van der Waals surface area contributed by atoms with Crippen molar-refractivity contribution in [3.63, 3.8) is 0 Å². The van der Waals surface area contributed by atoms with Crippen LogP contribution in [-0.2, 0) is 0 Å². The summed E-state index contributed by atoms with van der Waals surface area (Å²) >= 11 is 0. The van der Waals surface area contributed by atoms with E-state index in [1.165, 1.54) is 11.5 Å². The molecule has 0 N–H and O–H groups in total. The van der Waals surface area contributed by atoms with Gasteiger partial charge in [0.15, 0.2) is 11.5 Å². The highest BCUT2D eigenvalue weighted by molar-refractivity contribution is 5.46. The van der Waals surface area contributed by atoms with Crippen LogP contribution in [-0.4, -0.2) is 13.2 Å². The van der Waals surface area contributed by atoms with Crippen LogP contribution in [0, 0.1) is 5.92 Å². The van der Waals surface area contributed by atoms with Crippen molar-refractivity contribution in [2.75, 3.05) is 13.2 Å². The molecule has 0 fully saturated rings. The van der Waals surface area contributed by atoms with Gasteiger partial charge < -0.3 is 9.47 Å². The standard InChI is InChI=1S/C11H13O2/c1-8(2)9-3-4-10-11(7-9)13-6-5-12-10/h3-4,7H,5-6H2,1-2H3. The largest absolute Gasteiger partial charge is 0.486 e. The fourth-order valence-corrected chi connectivity index (χ4v) is 1.35. The van der Waals surface area contributed by atoms with Gasteiger partial charge in [-0.05, 0) is 23.6 Å². The molecule has 2 nitrogen and oxygen atoms in total. The number of benzene rings is 1. The lowest BCUT2D eigenvalue weighted by Gasteiger charge is -2.19. The van der Waals surface area contributed by atoms with E-state index in [1.54, 1.807) is 0 Å². The minimum atomic E-state index is 0.652. The Bertz CT molecular complexity index is 305. The highest BCUT2D eigenvalue weighted by Crippen LogP contribution is 2.32. The summed E-state index contributed by atoms with van der Waals surface area (Å²) in [6.45, 7) is 5.48. The smallest absolute Gasteiger partial charge is 0.161 e. The topological polar surface area (TPSA) is 18.5 Å². The second kappa shape index (κ2) is 3.29. The second-order valence-electron chi connectivity index (χ2n) is 3.36. The summed E-state index contributed by atoms with van der Waals surface area (Å²) in [5, 5.41) is 0. The van der Waals surface area contributed by atoms with Crippen molar-refractivity contribution < 1.29 is 9.47 Å². The zero-order valence-electron chi connectivity index (χ0n) is 7.96. The van der Waals surface area contributed by atoms with Gasteiger partial charge in [-0.25, -0.2) is 0 Å². The number of ether oxygens (including phenoxy) is 2. The molecule has 2 rings (SSSR count). The number of hydrogen-bond acceptors (Lipinski definition) is 2. The van der Waals surface area contributed by atoms with E-state index < -0.39 is 0 Å². The highest BCUT2D eigenvalue weighted by Gasteiger charge is 2.12. The van der Waals surface area contributed by atoms with Gasteiger partial charge in [0.25, 0.3) is 0 Å². The molecule has 0 aliphatic carbocycles. The quantitative estimate of drug-likeness (QED) is 0.655. The zero-order chi connectivity index (χ0) is 9.26. The van der Waals surface area contributed by atoms with E-state index >= 15 is 0 Å². The van der Waals surface area contributed by atoms with Crippen molar-refractivity contribution in [3.05, 3.63) is 29.7 Å². The van der Waals surface area contributed by atoms with Crippen molar-refractivity contribution in [2.24, 2.45) is 0 Å². The molecule has 1 aromatic rings. The Labute approximate surface area is 78.5 Å². The van der Waals surface area contributed by atoms with Gasteiger partial charge in [0.05, 0.1) is 0 Å². The van der Waals surface area contributed by atoms with Crippen molar-refractivity contribution in [3.8, 4) is 11.5 Å². The van der Waals surface area contributed by atoms with Crippen LogP contribution in [0.2, 0.25) is 0 Å². The number of rotatable bonds is 1. The third-order valence-corrected chi connectivity index (χ3v) is 2.12. The second-order valence-corrected chi connectivity index (χ2v) is 3.36. The Kier molecular flexibility index (Phi) is 2.13. The van der Waals surface area contributed by atoms with Crippen molar-refractivity contribution in [2.45, 2.75) is 13.8 Å². The summed E-state index contributed by atoms with van der Waals surface area (Å²) in [6.07, 6.45) is 0. The molecular formula is C11H13O2. The van der Waals surface area contributed by atoms with Gasteiger partial charge >= 0.3 is 0 Å². The average molecular weight is 177 g/mol. The number of hydrogen-bond donors (Lipinski definition) is 0.